The Morgan fingerprint density at radius 1 is 1.29 bits per heavy atom. The summed E-state index contributed by atoms with van der Waals surface area (Å²) in [5.41, 5.74) is 1.33. The van der Waals surface area contributed by atoms with Crippen LogP contribution in [0.15, 0.2) is 29.6 Å². The molecule has 2 aromatic rings. The summed E-state index contributed by atoms with van der Waals surface area (Å²) < 4.78 is 5.60. The number of carbonyl (C=O) groups is 1. The van der Waals surface area contributed by atoms with Crippen LogP contribution in [0.5, 0.6) is 5.75 Å². The number of hydroxylamine groups is 2. The standard InChI is InChI=1S/C15H18N2O3S/c1-10(2)20-12-7-5-11(6-8-12)14-16-13(9-21-14)15(18)17(3)19-4/h5-10H,1-4H3. The molecule has 0 saturated heterocycles. The quantitative estimate of drug-likeness (QED) is 0.796. The van der Waals surface area contributed by atoms with E-state index in [0.29, 0.717) is 5.69 Å². The second-order valence-corrected chi connectivity index (χ2v) is 5.57. The number of amides is 1. The van der Waals surface area contributed by atoms with Crippen molar-refractivity contribution < 1.29 is 14.4 Å². The van der Waals surface area contributed by atoms with E-state index in [-0.39, 0.29) is 12.0 Å². The molecular formula is C15H18N2O3S. The number of carbonyl (C=O) groups excluding carboxylic acids is 1. The fourth-order valence-corrected chi connectivity index (χ4v) is 2.50. The van der Waals surface area contributed by atoms with Crippen LogP contribution in [-0.4, -0.2) is 36.2 Å². The van der Waals surface area contributed by atoms with Gasteiger partial charge < -0.3 is 4.74 Å². The number of aromatic nitrogens is 1. The molecule has 112 valence electrons. The highest BCUT2D eigenvalue weighted by molar-refractivity contribution is 7.13. The Labute approximate surface area is 128 Å². The van der Waals surface area contributed by atoms with E-state index in [4.69, 9.17) is 9.57 Å². The predicted octanol–water partition coefficient (Wildman–Crippen LogP) is 3.23. The fourth-order valence-electron chi connectivity index (χ4n) is 1.70. The first kappa shape index (κ1) is 15.5. The second-order valence-electron chi connectivity index (χ2n) is 4.71. The lowest BCUT2D eigenvalue weighted by Crippen LogP contribution is -2.25. The van der Waals surface area contributed by atoms with E-state index in [2.05, 4.69) is 4.98 Å². The van der Waals surface area contributed by atoms with E-state index in [0.717, 1.165) is 21.4 Å². The van der Waals surface area contributed by atoms with Crippen molar-refractivity contribution >= 4 is 17.2 Å². The average Bonchev–Trinajstić information content (AvgIpc) is 2.95. The highest BCUT2D eigenvalue weighted by atomic mass is 32.1. The summed E-state index contributed by atoms with van der Waals surface area (Å²) in [5.74, 6) is 0.556. The van der Waals surface area contributed by atoms with Crippen LogP contribution in [0.1, 0.15) is 24.3 Å². The van der Waals surface area contributed by atoms with Crippen molar-refractivity contribution in [3.8, 4) is 16.3 Å². The number of hydrogen-bond donors (Lipinski definition) is 0. The van der Waals surface area contributed by atoms with Crippen molar-refractivity contribution in [3.63, 3.8) is 0 Å². The molecule has 0 aliphatic carbocycles. The van der Waals surface area contributed by atoms with Gasteiger partial charge in [0.2, 0.25) is 0 Å². The van der Waals surface area contributed by atoms with Crippen LogP contribution in [0.4, 0.5) is 0 Å². The van der Waals surface area contributed by atoms with Crippen LogP contribution >= 0.6 is 11.3 Å². The van der Waals surface area contributed by atoms with Gasteiger partial charge in [-0.05, 0) is 38.1 Å². The van der Waals surface area contributed by atoms with Crippen molar-refractivity contribution in [2.24, 2.45) is 0 Å². The fraction of sp³-hybridized carbons (Fsp3) is 0.333. The van der Waals surface area contributed by atoms with Gasteiger partial charge in [-0.3, -0.25) is 9.63 Å². The molecule has 0 atom stereocenters. The molecule has 2 rings (SSSR count). The normalized spacial score (nSPS) is 10.7. The maximum Gasteiger partial charge on any atom is 0.296 e. The predicted molar refractivity (Wildman–Crippen MR) is 82.4 cm³/mol. The van der Waals surface area contributed by atoms with Crippen LogP contribution in [0.3, 0.4) is 0 Å². The monoisotopic (exact) mass is 306 g/mol. The van der Waals surface area contributed by atoms with Crippen LogP contribution in [0.2, 0.25) is 0 Å². The van der Waals surface area contributed by atoms with Gasteiger partial charge in [0.25, 0.3) is 5.91 Å². The maximum absolute atomic E-state index is 11.9. The molecular weight excluding hydrogens is 288 g/mol. The van der Waals surface area contributed by atoms with Crippen molar-refractivity contribution in [3.05, 3.63) is 35.3 Å². The Bertz CT molecular complexity index is 608. The number of ether oxygens (including phenoxy) is 1. The summed E-state index contributed by atoms with van der Waals surface area (Å²) >= 11 is 1.42. The Morgan fingerprint density at radius 2 is 1.95 bits per heavy atom. The van der Waals surface area contributed by atoms with Crippen molar-refractivity contribution in [1.29, 1.82) is 0 Å². The zero-order valence-corrected chi connectivity index (χ0v) is 13.3. The Hall–Kier alpha value is -1.92. The van der Waals surface area contributed by atoms with Crippen LogP contribution in [0, 0.1) is 0 Å². The van der Waals surface area contributed by atoms with Gasteiger partial charge >= 0.3 is 0 Å². The molecule has 0 bridgehead atoms. The smallest absolute Gasteiger partial charge is 0.296 e. The van der Waals surface area contributed by atoms with Gasteiger partial charge in [0, 0.05) is 18.0 Å². The molecule has 21 heavy (non-hydrogen) atoms. The molecule has 1 amide bonds. The van der Waals surface area contributed by atoms with Gasteiger partial charge in [-0.25, -0.2) is 10.0 Å². The van der Waals surface area contributed by atoms with E-state index >= 15 is 0 Å². The minimum atomic E-state index is -0.264. The molecule has 0 unspecified atom stereocenters. The number of nitrogens with zero attached hydrogens (tertiary/aromatic N) is 2. The lowest BCUT2D eigenvalue weighted by molar-refractivity contribution is -0.0760. The third kappa shape index (κ3) is 3.80. The minimum Gasteiger partial charge on any atom is -0.491 e. The van der Waals surface area contributed by atoms with E-state index in [1.807, 2.05) is 38.1 Å². The van der Waals surface area contributed by atoms with Crippen molar-refractivity contribution in [1.82, 2.24) is 10.0 Å². The molecule has 1 aromatic carbocycles. The molecule has 0 aliphatic rings. The number of hydrogen-bond acceptors (Lipinski definition) is 5. The molecule has 0 N–H and O–H groups in total. The summed E-state index contributed by atoms with van der Waals surface area (Å²) in [5, 5.41) is 3.67. The summed E-state index contributed by atoms with van der Waals surface area (Å²) in [6.45, 7) is 3.97. The zero-order valence-electron chi connectivity index (χ0n) is 12.5. The van der Waals surface area contributed by atoms with Crippen LogP contribution < -0.4 is 4.74 Å². The maximum atomic E-state index is 11.9. The van der Waals surface area contributed by atoms with E-state index in [1.54, 1.807) is 12.4 Å². The van der Waals surface area contributed by atoms with E-state index < -0.39 is 0 Å². The number of benzene rings is 1. The Balaban J connectivity index is 2.16. The first-order chi connectivity index (χ1) is 10.0. The van der Waals surface area contributed by atoms with Crippen molar-refractivity contribution in [2.75, 3.05) is 14.2 Å². The van der Waals surface area contributed by atoms with Crippen LogP contribution in [0.25, 0.3) is 10.6 Å². The summed E-state index contributed by atoms with van der Waals surface area (Å²) in [6, 6.07) is 7.68. The van der Waals surface area contributed by atoms with Crippen LogP contribution in [-0.2, 0) is 4.84 Å². The minimum absolute atomic E-state index is 0.143. The summed E-state index contributed by atoms with van der Waals surface area (Å²) in [6.07, 6.45) is 0.143. The highest BCUT2D eigenvalue weighted by Crippen LogP contribution is 2.26. The Kier molecular flexibility index (Phi) is 4.93. The van der Waals surface area contributed by atoms with Gasteiger partial charge in [0.1, 0.15) is 16.5 Å². The lowest BCUT2D eigenvalue weighted by Gasteiger charge is -2.11. The van der Waals surface area contributed by atoms with Gasteiger partial charge in [0.05, 0.1) is 13.2 Å². The SMILES string of the molecule is CON(C)C(=O)c1csc(-c2ccc(OC(C)C)cc2)n1. The molecule has 0 radical (unpaired) electrons. The molecule has 1 aromatic heterocycles. The second kappa shape index (κ2) is 6.69. The zero-order chi connectivity index (χ0) is 15.4. The van der Waals surface area contributed by atoms with Gasteiger partial charge in [0.15, 0.2) is 0 Å². The third-order valence-corrected chi connectivity index (χ3v) is 3.65. The average molecular weight is 306 g/mol. The van der Waals surface area contributed by atoms with E-state index in [1.165, 1.54) is 18.4 Å². The number of rotatable bonds is 5. The van der Waals surface area contributed by atoms with Gasteiger partial charge in [-0.15, -0.1) is 11.3 Å². The molecule has 6 heteroatoms. The van der Waals surface area contributed by atoms with Gasteiger partial charge in [-0.2, -0.15) is 0 Å². The third-order valence-electron chi connectivity index (χ3n) is 2.76. The van der Waals surface area contributed by atoms with Crippen molar-refractivity contribution in [2.45, 2.75) is 20.0 Å². The van der Waals surface area contributed by atoms with Gasteiger partial charge in [-0.1, -0.05) is 0 Å². The molecule has 0 fully saturated rings. The molecule has 0 spiro atoms. The summed E-state index contributed by atoms with van der Waals surface area (Å²) in [7, 11) is 3.00. The Morgan fingerprint density at radius 3 is 2.52 bits per heavy atom. The molecule has 5 nitrogen and oxygen atoms in total. The molecule has 0 saturated carbocycles. The topological polar surface area (TPSA) is 51.7 Å². The largest absolute Gasteiger partial charge is 0.491 e. The first-order valence-corrected chi connectivity index (χ1v) is 7.44. The number of thiazole rings is 1. The molecule has 1 heterocycles. The first-order valence-electron chi connectivity index (χ1n) is 6.56. The molecule has 0 aliphatic heterocycles. The highest BCUT2D eigenvalue weighted by Gasteiger charge is 2.16. The lowest BCUT2D eigenvalue weighted by atomic mass is 10.2. The summed E-state index contributed by atoms with van der Waals surface area (Å²) in [4.78, 5) is 21.1. The van der Waals surface area contributed by atoms with E-state index in [9.17, 15) is 4.79 Å².